The lowest BCUT2D eigenvalue weighted by atomic mass is 10.1. The largest absolute Gasteiger partial charge is 0.493 e. The Morgan fingerprint density at radius 3 is 2.11 bits per heavy atom. The van der Waals surface area contributed by atoms with E-state index in [-0.39, 0.29) is 22.4 Å². The molecule has 38 heavy (non-hydrogen) atoms. The summed E-state index contributed by atoms with van der Waals surface area (Å²) in [5.41, 5.74) is 0.364. The van der Waals surface area contributed by atoms with Crippen LogP contribution in [0.2, 0.25) is 0 Å². The predicted molar refractivity (Wildman–Crippen MR) is 126 cm³/mol. The number of carbonyl (C=O) groups is 1. The summed E-state index contributed by atoms with van der Waals surface area (Å²) >= 11 is 0. The molecule has 0 radical (unpaired) electrons. The Balaban J connectivity index is 1.57. The zero-order valence-corrected chi connectivity index (χ0v) is 20.0. The molecule has 3 aromatic carbocycles. The predicted octanol–water partition coefficient (Wildman–Crippen LogP) is 5.58. The number of benzene rings is 3. The molecule has 0 aliphatic heterocycles. The van der Waals surface area contributed by atoms with E-state index in [0.717, 1.165) is 6.92 Å². The third-order valence-corrected chi connectivity index (χ3v) is 5.50. The molecule has 0 aliphatic carbocycles. The zero-order chi connectivity index (χ0) is 27.7. The fraction of sp³-hybridized carbons (Fsp3) is 0.154. The first-order valence-electron chi connectivity index (χ1n) is 10.8. The number of ether oxygens (including phenoxy) is 3. The van der Waals surface area contributed by atoms with Gasteiger partial charge < -0.3 is 23.9 Å². The molecule has 0 bridgehead atoms. The minimum absolute atomic E-state index is 0.0847. The molecule has 1 heterocycles. The maximum absolute atomic E-state index is 13.9. The van der Waals surface area contributed by atoms with Gasteiger partial charge in [0.15, 0.2) is 28.8 Å². The Labute approximate surface area is 211 Å². The highest BCUT2D eigenvalue weighted by molar-refractivity contribution is 5.96. The van der Waals surface area contributed by atoms with Crippen molar-refractivity contribution in [1.29, 1.82) is 0 Å². The van der Waals surface area contributed by atoms with Crippen LogP contribution in [-0.4, -0.2) is 26.2 Å². The van der Waals surface area contributed by atoms with E-state index >= 15 is 0 Å². The molecular weight excluding hydrogens is 517 g/mol. The number of fused-ring (bicyclic) bond motifs is 1. The van der Waals surface area contributed by atoms with Crippen LogP contribution in [0.1, 0.15) is 6.92 Å². The van der Waals surface area contributed by atoms with Crippen molar-refractivity contribution in [1.82, 2.24) is 0 Å². The van der Waals surface area contributed by atoms with Gasteiger partial charge in [-0.05, 0) is 43.3 Å². The minimum atomic E-state index is -2.35. The SMILES string of the molecule is COc1ccc(-c2cc(=O)c3cc(NC(=O)C(C)Oc4c(F)c(F)c(F)c(F)c4F)ccc3o2)cc1OC. The molecule has 1 amide bonds. The van der Waals surface area contributed by atoms with E-state index in [1.54, 1.807) is 18.2 Å². The molecule has 0 fully saturated rings. The number of nitrogens with one attached hydrogen (secondary N) is 1. The lowest BCUT2D eigenvalue weighted by Gasteiger charge is -2.16. The van der Waals surface area contributed by atoms with Gasteiger partial charge in [-0.25, -0.2) is 13.2 Å². The summed E-state index contributed by atoms with van der Waals surface area (Å²) in [6, 6.07) is 10.3. The third kappa shape index (κ3) is 4.84. The average Bonchev–Trinajstić information content (AvgIpc) is 2.92. The van der Waals surface area contributed by atoms with Crippen LogP contribution in [-0.2, 0) is 4.79 Å². The first kappa shape index (κ1) is 26.5. The fourth-order valence-corrected chi connectivity index (χ4v) is 3.53. The number of methoxy groups -OCH3 is 2. The highest BCUT2D eigenvalue weighted by Gasteiger charge is 2.29. The molecule has 0 saturated heterocycles. The summed E-state index contributed by atoms with van der Waals surface area (Å²) in [5.74, 6) is -12.6. The van der Waals surface area contributed by atoms with Crippen molar-refractivity contribution < 1.29 is 45.4 Å². The van der Waals surface area contributed by atoms with Gasteiger partial charge in [0.1, 0.15) is 11.3 Å². The van der Waals surface area contributed by atoms with Gasteiger partial charge >= 0.3 is 0 Å². The Bertz CT molecular complexity index is 1590. The molecule has 12 heteroatoms. The van der Waals surface area contributed by atoms with E-state index in [9.17, 15) is 31.5 Å². The van der Waals surface area contributed by atoms with E-state index in [0.29, 0.717) is 17.1 Å². The molecule has 0 saturated carbocycles. The molecule has 0 spiro atoms. The number of hydrogen-bond donors (Lipinski definition) is 1. The van der Waals surface area contributed by atoms with Gasteiger partial charge in [0, 0.05) is 17.3 Å². The van der Waals surface area contributed by atoms with E-state index in [2.05, 4.69) is 5.32 Å². The Hall–Kier alpha value is -4.61. The van der Waals surface area contributed by atoms with Gasteiger partial charge in [0.25, 0.3) is 5.91 Å². The number of rotatable bonds is 7. The number of amides is 1. The summed E-state index contributed by atoms with van der Waals surface area (Å²) in [6.45, 7) is 1.04. The van der Waals surface area contributed by atoms with Crippen LogP contribution >= 0.6 is 0 Å². The number of hydrogen-bond acceptors (Lipinski definition) is 6. The molecular formula is C26H18F5NO6. The lowest BCUT2D eigenvalue weighted by molar-refractivity contribution is -0.122. The average molecular weight is 535 g/mol. The topological polar surface area (TPSA) is 87.0 Å². The van der Waals surface area contributed by atoms with Crippen LogP contribution in [0.15, 0.2) is 51.7 Å². The summed E-state index contributed by atoms with van der Waals surface area (Å²) in [7, 11) is 2.94. The lowest BCUT2D eigenvalue weighted by Crippen LogP contribution is -2.31. The number of carbonyl (C=O) groups excluding carboxylic acids is 1. The smallest absolute Gasteiger partial charge is 0.265 e. The standard InChI is InChI=1S/C26H18F5NO6/c1-11(37-25-23(30)21(28)20(27)22(29)24(25)31)26(34)32-13-5-7-16-14(9-13)15(33)10-18(38-16)12-4-6-17(35-2)19(8-12)36-3/h4-11H,1-3H3,(H,32,34). The highest BCUT2D eigenvalue weighted by atomic mass is 19.2. The Morgan fingerprint density at radius 2 is 1.47 bits per heavy atom. The van der Waals surface area contributed by atoms with Crippen molar-refractivity contribution in [3.8, 4) is 28.6 Å². The maximum atomic E-state index is 13.9. The highest BCUT2D eigenvalue weighted by Crippen LogP contribution is 2.33. The van der Waals surface area contributed by atoms with Crippen molar-refractivity contribution >= 4 is 22.6 Å². The maximum Gasteiger partial charge on any atom is 0.265 e. The Morgan fingerprint density at radius 1 is 0.842 bits per heavy atom. The molecule has 1 N–H and O–H groups in total. The van der Waals surface area contributed by atoms with Crippen molar-refractivity contribution in [3.63, 3.8) is 0 Å². The summed E-state index contributed by atoms with van der Waals surface area (Å²) in [5, 5.41) is 2.45. The van der Waals surface area contributed by atoms with Gasteiger partial charge in [0.05, 0.1) is 19.6 Å². The van der Waals surface area contributed by atoms with E-state index in [1.807, 2.05) is 0 Å². The van der Waals surface area contributed by atoms with Gasteiger partial charge in [-0.1, -0.05) is 0 Å². The van der Waals surface area contributed by atoms with Crippen LogP contribution in [0.3, 0.4) is 0 Å². The fourth-order valence-electron chi connectivity index (χ4n) is 3.53. The summed E-state index contributed by atoms with van der Waals surface area (Å²) < 4.78 is 88.8. The van der Waals surface area contributed by atoms with Gasteiger partial charge in [-0.2, -0.15) is 8.78 Å². The molecule has 198 valence electrons. The Kier molecular flexibility index (Phi) is 7.24. The van der Waals surface area contributed by atoms with Crippen molar-refractivity contribution in [2.24, 2.45) is 0 Å². The molecule has 4 aromatic rings. The minimum Gasteiger partial charge on any atom is -0.493 e. The van der Waals surface area contributed by atoms with Crippen LogP contribution in [0.25, 0.3) is 22.3 Å². The van der Waals surface area contributed by atoms with Crippen molar-refractivity contribution in [3.05, 3.63) is 81.8 Å². The van der Waals surface area contributed by atoms with Crippen LogP contribution in [0, 0.1) is 29.1 Å². The summed E-state index contributed by atoms with van der Waals surface area (Å²) in [4.78, 5) is 25.3. The molecule has 4 rings (SSSR count). The van der Waals surface area contributed by atoms with Crippen LogP contribution < -0.4 is 25.0 Å². The van der Waals surface area contributed by atoms with Crippen molar-refractivity contribution in [2.45, 2.75) is 13.0 Å². The van der Waals surface area contributed by atoms with Gasteiger partial charge in [-0.15, -0.1) is 0 Å². The molecule has 1 unspecified atom stereocenters. The van der Waals surface area contributed by atoms with Gasteiger partial charge in [-0.3, -0.25) is 9.59 Å². The third-order valence-electron chi connectivity index (χ3n) is 5.50. The number of halogens is 5. The molecule has 7 nitrogen and oxygen atoms in total. The monoisotopic (exact) mass is 535 g/mol. The second-order valence-electron chi connectivity index (χ2n) is 7.90. The van der Waals surface area contributed by atoms with Crippen LogP contribution in [0.4, 0.5) is 27.6 Å². The van der Waals surface area contributed by atoms with E-state index in [1.165, 1.54) is 38.5 Å². The normalized spacial score (nSPS) is 11.8. The molecule has 0 aliphatic rings. The van der Waals surface area contributed by atoms with E-state index in [4.69, 9.17) is 18.6 Å². The summed E-state index contributed by atoms with van der Waals surface area (Å²) in [6.07, 6.45) is -1.68. The van der Waals surface area contributed by atoms with E-state index < -0.39 is 52.3 Å². The molecule has 1 aromatic heterocycles. The first-order valence-corrected chi connectivity index (χ1v) is 10.8. The second-order valence-corrected chi connectivity index (χ2v) is 7.90. The van der Waals surface area contributed by atoms with Crippen LogP contribution in [0.5, 0.6) is 17.2 Å². The zero-order valence-electron chi connectivity index (χ0n) is 20.0. The van der Waals surface area contributed by atoms with Gasteiger partial charge in [0.2, 0.25) is 29.1 Å². The van der Waals surface area contributed by atoms with Crippen molar-refractivity contribution in [2.75, 3.05) is 19.5 Å². The quantitative estimate of drug-likeness (QED) is 0.189. The second kappa shape index (κ2) is 10.4. The number of anilines is 1. The first-order chi connectivity index (χ1) is 18.0. The molecule has 1 atom stereocenters.